The summed E-state index contributed by atoms with van der Waals surface area (Å²) >= 11 is 0. The molecule has 4 aromatic rings. The number of imidazole rings is 1. The molecule has 182 valence electrons. The van der Waals surface area contributed by atoms with E-state index in [1.165, 1.54) is 17.2 Å². The Morgan fingerprint density at radius 3 is 2.26 bits per heavy atom. The number of aromatic nitrogens is 2. The Balaban J connectivity index is 0.000000894. The van der Waals surface area contributed by atoms with E-state index in [4.69, 9.17) is 5.73 Å². The summed E-state index contributed by atoms with van der Waals surface area (Å²) < 4.78 is 15.9. The molecule has 0 aliphatic heterocycles. The van der Waals surface area contributed by atoms with Crippen LogP contribution in [0.1, 0.15) is 63.9 Å². The predicted molar refractivity (Wildman–Crippen MR) is 146 cm³/mol. The van der Waals surface area contributed by atoms with Gasteiger partial charge in [-0.05, 0) is 65.8 Å². The van der Waals surface area contributed by atoms with Gasteiger partial charge >= 0.3 is 0 Å². The van der Waals surface area contributed by atoms with E-state index in [0.717, 1.165) is 34.5 Å². The predicted octanol–water partition coefficient (Wildman–Crippen LogP) is 8.24. The first-order chi connectivity index (χ1) is 16.5. The fraction of sp³-hybridized carbons (Fsp3) is 0.300. The number of nitrogens with zero attached hydrogens (tertiary/aromatic N) is 2. The van der Waals surface area contributed by atoms with Crippen molar-refractivity contribution in [3.63, 3.8) is 0 Å². The number of hydrogen-bond acceptors (Lipinski definition) is 2. The highest BCUT2D eigenvalue weighted by atomic mass is 19.1. The van der Waals surface area contributed by atoms with Crippen LogP contribution >= 0.6 is 0 Å². The smallest absolute Gasteiger partial charge is 0.137 e. The summed E-state index contributed by atoms with van der Waals surface area (Å²) in [5.74, 6) is -0.144. The molecule has 34 heavy (non-hydrogen) atoms. The number of benzene rings is 2. The van der Waals surface area contributed by atoms with E-state index >= 15 is 0 Å². The molecule has 2 aromatic heterocycles. The summed E-state index contributed by atoms with van der Waals surface area (Å²) in [4.78, 5) is 4.37. The second-order valence-electron chi connectivity index (χ2n) is 7.06. The number of aryl methyl sites for hydroxylation is 3. The van der Waals surface area contributed by atoms with Gasteiger partial charge in [0.15, 0.2) is 0 Å². The van der Waals surface area contributed by atoms with Crippen LogP contribution < -0.4 is 5.73 Å². The number of pyridine rings is 1. The molecule has 0 spiro atoms. The molecular formula is C30H40FN3. The Labute approximate surface area is 205 Å². The van der Waals surface area contributed by atoms with Crippen LogP contribution in [-0.4, -0.2) is 9.38 Å². The zero-order chi connectivity index (χ0) is 25.7. The van der Waals surface area contributed by atoms with Crippen molar-refractivity contribution < 1.29 is 4.39 Å². The summed E-state index contributed by atoms with van der Waals surface area (Å²) in [7, 11) is 0. The van der Waals surface area contributed by atoms with Gasteiger partial charge in [0.2, 0.25) is 0 Å². The van der Waals surface area contributed by atoms with Gasteiger partial charge in [-0.25, -0.2) is 9.37 Å². The van der Waals surface area contributed by atoms with E-state index < -0.39 is 0 Å². The van der Waals surface area contributed by atoms with Crippen molar-refractivity contribution in [1.82, 2.24) is 9.38 Å². The van der Waals surface area contributed by atoms with Crippen LogP contribution in [-0.2, 0) is 12.8 Å². The van der Waals surface area contributed by atoms with Crippen molar-refractivity contribution in [3.8, 4) is 11.1 Å². The van der Waals surface area contributed by atoms with Gasteiger partial charge in [-0.15, -0.1) is 0 Å². The Morgan fingerprint density at radius 1 is 0.941 bits per heavy atom. The molecule has 2 N–H and O–H groups in total. The normalized spacial score (nSPS) is 9.65. The van der Waals surface area contributed by atoms with Gasteiger partial charge in [-0.2, -0.15) is 0 Å². The maximum atomic E-state index is 13.9. The van der Waals surface area contributed by atoms with E-state index in [0.29, 0.717) is 12.1 Å². The molecule has 2 heterocycles. The van der Waals surface area contributed by atoms with Crippen LogP contribution in [0.4, 0.5) is 4.39 Å². The molecule has 0 unspecified atom stereocenters. The highest BCUT2D eigenvalue weighted by molar-refractivity contribution is 5.70. The molecule has 0 aliphatic rings. The summed E-state index contributed by atoms with van der Waals surface area (Å²) in [6.07, 6.45) is 5.23. The second-order valence-corrected chi connectivity index (χ2v) is 7.06. The number of fused-ring (bicyclic) bond motifs is 1. The third kappa shape index (κ3) is 7.05. The standard InChI is InChI=1S/C24H22FN3.3C2H6/c1-16-7-8-18(9-10-19-5-3-4-6-22(19)25)13-21(16)20-11-12-24-27-14-23(17(2)26)28(24)15-20;3*1-2/h3-8,11-15H,2,9-10,26H2,1H3;3*1-2H3. The topological polar surface area (TPSA) is 43.3 Å². The fourth-order valence-electron chi connectivity index (χ4n) is 3.49. The molecule has 4 rings (SSSR count). The minimum atomic E-state index is -0.144. The van der Waals surface area contributed by atoms with Crippen LogP contribution in [0.25, 0.3) is 22.5 Å². The SMILES string of the molecule is C=C(N)c1cnc2ccc(-c3cc(CCc4ccccc4F)ccc3C)cn12.CC.CC.CC. The molecule has 4 heteroatoms. The molecule has 0 aliphatic carbocycles. The van der Waals surface area contributed by atoms with Gasteiger partial charge in [0, 0.05) is 6.20 Å². The lowest BCUT2D eigenvalue weighted by Gasteiger charge is -2.11. The van der Waals surface area contributed by atoms with E-state index in [1.807, 2.05) is 70.3 Å². The van der Waals surface area contributed by atoms with E-state index in [1.54, 1.807) is 12.3 Å². The lowest BCUT2D eigenvalue weighted by atomic mass is 9.96. The molecule has 0 amide bonds. The number of nitrogens with two attached hydrogens (primary N) is 1. The lowest BCUT2D eigenvalue weighted by Crippen LogP contribution is -1.99. The van der Waals surface area contributed by atoms with Crippen LogP contribution in [0.15, 0.2) is 73.6 Å². The quantitative estimate of drug-likeness (QED) is 0.325. The molecule has 3 nitrogen and oxygen atoms in total. The van der Waals surface area contributed by atoms with Crippen molar-refractivity contribution in [3.05, 3.63) is 102 Å². The van der Waals surface area contributed by atoms with Gasteiger partial charge in [0.1, 0.15) is 11.5 Å². The molecular weight excluding hydrogens is 421 g/mol. The first-order valence-corrected chi connectivity index (χ1v) is 12.3. The maximum absolute atomic E-state index is 13.9. The molecule has 2 aromatic carbocycles. The maximum Gasteiger partial charge on any atom is 0.137 e. The molecule has 0 saturated carbocycles. The summed E-state index contributed by atoms with van der Waals surface area (Å²) in [6, 6.07) is 17.4. The highest BCUT2D eigenvalue weighted by Gasteiger charge is 2.09. The lowest BCUT2D eigenvalue weighted by molar-refractivity contribution is 0.608. The van der Waals surface area contributed by atoms with Crippen LogP contribution in [0.2, 0.25) is 0 Å². The van der Waals surface area contributed by atoms with Gasteiger partial charge < -0.3 is 5.73 Å². The summed E-state index contributed by atoms with van der Waals surface area (Å²) in [5, 5.41) is 0. The molecule has 0 saturated heterocycles. The van der Waals surface area contributed by atoms with Crippen LogP contribution in [0, 0.1) is 12.7 Å². The largest absolute Gasteiger partial charge is 0.397 e. The second kappa shape index (κ2) is 14.7. The Kier molecular flexibility index (Phi) is 12.4. The monoisotopic (exact) mass is 461 g/mol. The van der Waals surface area contributed by atoms with Crippen molar-refractivity contribution in [2.75, 3.05) is 0 Å². The first-order valence-electron chi connectivity index (χ1n) is 12.3. The van der Waals surface area contributed by atoms with Gasteiger partial charge in [0.05, 0.1) is 17.6 Å². The van der Waals surface area contributed by atoms with Gasteiger partial charge in [0.25, 0.3) is 0 Å². The van der Waals surface area contributed by atoms with Crippen molar-refractivity contribution in [2.24, 2.45) is 5.73 Å². The minimum Gasteiger partial charge on any atom is -0.397 e. The average Bonchev–Trinajstić information content (AvgIpc) is 3.32. The summed E-state index contributed by atoms with van der Waals surface area (Å²) in [5.41, 5.74) is 13.3. The number of rotatable bonds is 5. The Morgan fingerprint density at radius 2 is 1.62 bits per heavy atom. The van der Waals surface area contributed by atoms with Gasteiger partial charge in [-0.3, -0.25) is 4.40 Å². The third-order valence-electron chi connectivity index (χ3n) is 5.09. The zero-order valence-corrected chi connectivity index (χ0v) is 21.8. The van der Waals surface area contributed by atoms with Crippen molar-refractivity contribution in [1.29, 1.82) is 0 Å². The van der Waals surface area contributed by atoms with E-state index in [-0.39, 0.29) is 5.82 Å². The Hall–Kier alpha value is -3.40. The van der Waals surface area contributed by atoms with Crippen molar-refractivity contribution >= 4 is 11.3 Å². The molecule has 0 fully saturated rings. The molecule has 0 atom stereocenters. The number of halogens is 1. The number of hydrogen-bond donors (Lipinski definition) is 1. The first kappa shape index (κ1) is 28.6. The van der Waals surface area contributed by atoms with Gasteiger partial charge in [-0.1, -0.05) is 84.5 Å². The third-order valence-corrected chi connectivity index (χ3v) is 5.09. The zero-order valence-electron chi connectivity index (χ0n) is 21.8. The fourth-order valence-corrected chi connectivity index (χ4v) is 3.49. The Bertz CT molecular complexity index is 1170. The minimum absolute atomic E-state index is 0.144. The average molecular weight is 462 g/mol. The van der Waals surface area contributed by atoms with Crippen LogP contribution in [0.3, 0.4) is 0 Å². The van der Waals surface area contributed by atoms with Crippen LogP contribution in [0.5, 0.6) is 0 Å². The van der Waals surface area contributed by atoms with E-state index in [2.05, 4.69) is 42.8 Å². The van der Waals surface area contributed by atoms with E-state index in [9.17, 15) is 4.39 Å². The summed E-state index contributed by atoms with van der Waals surface area (Å²) in [6.45, 7) is 17.9. The molecule has 0 bridgehead atoms. The van der Waals surface area contributed by atoms with Crippen molar-refractivity contribution in [2.45, 2.75) is 61.3 Å². The molecule has 0 radical (unpaired) electrons. The highest BCUT2D eigenvalue weighted by Crippen LogP contribution is 2.27.